The monoisotopic (exact) mass is 328 g/mol. The largest absolute Gasteiger partial charge is 0.444 e. The third-order valence-corrected chi connectivity index (χ3v) is 2.79. The Hall–Kier alpha value is -1.43. The second-order valence-corrected chi connectivity index (χ2v) is 5.90. The Morgan fingerprint density at radius 3 is 2.53 bits per heavy atom. The summed E-state index contributed by atoms with van der Waals surface area (Å²) < 4.78 is 5.89. The zero-order valence-electron chi connectivity index (χ0n) is 11.4. The van der Waals surface area contributed by atoms with E-state index in [-0.39, 0.29) is 0 Å². The Bertz CT molecular complexity index is 454. The Morgan fingerprint density at radius 2 is 2.11 bits per heavy atom. The first-order valence-corrected chi connectivity index (χ1v) is 6.56. The first-order valence-electron chi connectivity index (χ1n) is 5.77. The highest BCUT2D eigenvalue weighted by molar-refractivity contribution is 9.10. The number of aldehydes is 1. The Labute approximate surface area is 121 Å². The van der Waals surface area contributed by atoms with Gasteiger partial charge in [0.05, 0.1) is 0 Å². The summed E-state index contributed by atoms with van der Waals surface area (Å²) in [5.74, 6) is 0. The van der Waals surface area contributed by atoms with Crippen LogP contribution in [0, 0.1) is 0 Å². The molecule has 0 aliphatic heterocycles. The molecule has 0 aromatic carbocycles. The number of nitrogens with zero attached hydrogens (tertiary/aromatic N) is 2. The third-order valence-electron chi connectivity index (χ3n) is 2.32. The lowest BCUT2D eigenvalue weighted by atomic mass is 10.1. The molecule has 0 radical (unpaired) electrons. The summed E-state index contributed by atoms with van der Waals surface area (Å²) in [4.78, 5) is 28.4. The molecule has 0 bridgehead atoms. The van der Waals surface area contributed by atoms with E-state index >= 15 is 0 Å². The number of ether oxygens (including phenoxy) is 1. The van der Waals surface area contributed by atoms with E-state index in [2.05, 4.69) is 20.9 Å². The summed E-state index contributed by atoms with van der Waals surface area (Å²) in [6.45, 7) is 5.32. The van der Waals surface area contributed by atoms with Crippen LogP contribution >= 0.6 is 15.9 Å². The Balaban J connectivity index is 2.88. The van der Waals surface area contributed by atoms with Crippen molar-refractivity contribution in [1.29, 1.82) is 0 Å². The second kappa shape index (κ2) is 6.14. The van der Waals surface area contributed by atoms with Gasteiger partial charge in [-0.1, -0.05) is 6.07 Å². The van der Waals surface area contributed by atoms with E-state index in [0.717, 1.165) is 0 Å². The predicted octanol–water partition coefficient (Wildman–Crippen LogP) is 2.95. The van der Waals surface area contributed by atoms with Gasteiger partial charge in [-0.05, 0) is 42.8 Å². The second-order valence-electron chi connectivity index (χ2n) is 5.09. The minimum Gasteiger partial charge on any atom is -0.444 e. The SMILES string of the molecule is CN(C(=O)OC(C)(C)C)C(C=O)c1ccc(Br)nc1. The standard InChI is InChI=1S/C13H17BrN2O3/c1-13(2,3)19-12(18)16(4)10(8-17)9-5-6-11(14)15-7-9/h5-8,10H,1-4H3. The maximum atomic E-state index is 11.9. The molecule has 6 heteroatoms. The maximum Gasteiger partial charge on any atom is 0.410 e. The Morgan fingerprint density at radius 1 is 1.47 bits per heavy atom. The number of halogens is 1. The van der Waals surface area contributed by atoms with Crippen molar-refractivity contribution < 1.29 is 14.3 Å². The lowest BCUT2D eigenvalue weighted by molar-refractivity contribution is -0.112. The molecule has 0 saturated heterocycles. The van der Waals surface area contributed by atoms with Crippen LogP contribution < -0.4 is 0 Å². The van der Waals surface area contributed by atoms with Crippen LogP contribution in [0.25, 0.3) is 0 Å². The predicted molar refractivity (Wildman–Crippen MR) is 74.7 cm³/mol. The van der Waals surface area contributed by atoms with Crippen LogP contribution in [-0.2, 0) is 9.53 Å². The number of carbonyl (C=O) groups excluding carboxylic acids is 2. The van der Waals surface area contributed by atoms with Crippen LogP contribution in [-0.4, -0.2) is 34.9 Å². The smallest absolute Gasteiger partial charge is 0.410 e. The molecule has 0 aliphatic rings. The molecule has 1 atom stereocenters. The number of hydrogen-bond acceptors (Lipinski definition) is 4. The molecule has 5 nitrogen and oxygen atoms in total. The van der Waals surface area contributed by atoms with E-state index in [1.807, 2.05) is 0 Å². The van der Waals surface area contributed by atoms with Gasteiger partial charge in [0.1, 0.15) is 22.5 Å². The maximum absolute atomic E-state index is 11.9. The van der Waals surface area contributed by atoms with Gasteiger partial charge in [-0.2, -0.15) is 0 Å². The van der Waals surface area contributed by atoms with Crippen molar-refractivity contribution >= 4 is 28.3 Å². The van der Waals surface area contributed by atoms with Gasteiger partial charge in [-0.25, -0.2) is 9.78 Å². The first kappa shape index (κ1) is 15.6. The number of pyridine rings is 1. The van der Waals surface area contributed by atoms with Gasteiger partial charge in [0.15, 0.2) is 0 Å². The highest BCUT2D eigenvalue weighted by Gasteiger charge is 2.26. The molecule has 0 fully saturated rings. The zero-order chi connectivity index (χ0) is 14.6. The van der Waals surface area contributed by atoms with Crippen LogP contribution in [0.3, 0.4) is 0 Å². The summed E-state index contributed by atoms with van der Waals surface area (Å²) in [5, 5.41) is 0. The number of amides is 1. The molecule has 0 saturated carbocycles. The Kier molecular flexibility index (Phi) is 5.05. The van der Waals surface area contributed by atoms with E-state index in [1.165, 1.54) is 11.9 Å². The molecule has 1 unspecified atom stereocenters. The lowest BCUT2D eigenvalue weighted by Gasteiger charge is -2.28. The first-order chi connectivity index (χ1) is 8.74. The normalized spacial score (nSPS) is 12.7. The van der Waals surface area contributed by atoms with Crippen molar-refractivity contribution in [2.24, 2.45) is 0 Å². The molecule has 1 aromatic heterocycles. The van der Waals surface area contributed by atoms with E-state index in [0.29, 0.717) is 16.5 Å². The van der Waals surface area contributed by atoms with E-state index in [1.54, 1.807) is 39.1 Å². The lowest BCUT2D eigenvalue weighted by Crippen LogP contribution is -2.37. The summed E-state index contributed by atoms with van der Waals surface area (Å²) >= 11 is 3.22. The van der Waals surface area contributed by atoms with Crippen LogP contribution in [0.2, 0.25) is 0 Å². The molecule has 19 heavy (non-hydrogen) atoms. The van der Waals surface area contributed by atoms with Crippen LogP contribution in [0.15, 0.2) is 22.9 Å². The van der Waals surface area contributed by atoms with Crippen molar-refractivity contribution in [2.75, 3.05) is 7.05 Å². The van der Waals surface area contributed by atoms with Crippen molar-refractivity contribution in [2.45, 2.75) is 32.4 Å². The molecule has 0 N–H and O–H groups in total. The third kappa shape index (κ3) is 4.63. The summed E-state index contributed by atoms with van der Waals surface area (Å²) in [5.41, 5.74) is 0.0306. The van der Waals surface area contributed by atoms with Gasteiger partial charge >= 0.3 is 6.09 Å². The molecule has 1 heterocycles. The highest BCUT2D eigenvalue weighted by Crippen LogP contribution is 2.20. The number of carbonyl (C=O) groups is 2. The van der Waals surface area contributed by atoms with Crippen molar-refractivity contribution in [3.63, 3.8) is 0 Å². The van der Waals surface area contributed by atoms with Crippen LogP contribution in [0.5, 0.6) is 0 Å². The molecule has 0 spiro atoms. The average Bonchev–Trinajstić information content (AvgIpc) is 2.30. The number of likely N-dealkylation sites (N-methyl/N-ethyl adjacent to an activating group) is 1. The average molecular weight is 329 g/mol. The summed E-state index contributed by atoms with van der Waals surface area (Å²) in [6.07, 6.45) is 1.69. The topological polar surface area (TPSA) is 59.5 Å². The molecule has 1 rings (SSSR count). The fraction of sp³-hybridized carbons (Fsp3) is 0.462. The number of aromatic nitrogens is 1. The molecule has 104 valence electrons. The fourth-order valence-corrected chi connectivity index (χ4v) is 1.64. The molecular formula is C13H17BrN2O3. The quantitative estimate of drug-likeness (QED) is 0.632. The van der Waals surface area contributed by atoms with E-state index < -0.39 is 17.7 Å². The molecule has 1 amide bonds. The van der Waals surface area contributed by atoms with Crippen molar-refractivity contribution in [1.82, 2.24) is 9.88 Å². The van der Waals surface area contributed by atoms with Crippen molar-refractivity contribution in [3.8, 4) is 0 Å². The number of hydrogen-bond donors (Lipinski definition) is 0. The van der Waals surface area contributed by atoms with Crippen LogP contribution in [0.1, 0.15) is 32.4 Å². The summed E-state index contributed by atoms with van der Waals surface area (Å²) in [7, 11) is 1.52. The molecular weight excluding hydrogens is 312 g/mol. The van der Waals surface area contributed by atoms with E-state index in [4.69, 9.17) is 4.74 Å². The molecule has 0 aliphatic carbocycles. The van der Waals surface area contributed by atoms with Crippen LogP contribution in [0.4, 0.5) is 4.79 Å². The fourth-order valence-electron chi connectivity index (χ4n) is 1.40. The van der Waals surface area contributed by atoms with Gasteiger partial charge in [-0.15, -0.1) is 0 Å². The van der Waals surface area contributed by atoms with Crippen molar-refractivity contribution in [3.05, 3.63) is 28.5 Å². The van der Waals surface area contributed by atoms with E-state index in [9.17, 15) is 9.59 Å². The highest BCUT2D eigenvalue weighted by atomic mass is 79.9. The summed E-state index contributed by atoms with van der Waals surface area (Å²) in [6, 6.07) is 2.74. The van der Waals surface area contributed by atoms with Gasteiger partial charge in [-0.3, -0.25) is 4.90 Å². The molecule has 1 aromatic rings. The zero-order valence-corrected chi connectivity index (χ0v) is 13.0. The number of rotatable bonds is 3. The van der Waals surface area contributed by atoms with Gasteiger partial charge in [0.25, 0.3) is 0 Å². The van der Waals surface area contributed by atoms with Gasteiger partial charge < -0.3 is 9.53 Å². The van der Waals surface area contributed by atoms with Gasteiger partial charge in [0, 0.05) is 18.8 Å². The van der Waals surface area contributed by atoms with Gasteiger partial charge in [0.2, 0.25) is 0 Å². The minimum absolute atomic E-state index is 0.549. The minimum atomic E-state index is -0.713.